The smallest absolute Gasteiger partial charge is 0.289 e. The zero-order valence-corrected chi connectivity index (χ0v) is 16.8. The fourth-order valence-electron chi connectivity index (χ4n) is 3.69. The normalized spacial score (nSPS) is 15.2. The Morgan fingerprint density at radius 3 is 2.97 bits per heavy atom. The van der Waals surface area contributed by atoms with Crippen LogP contribution in [0.5, 0.6) is 0 Å². The van der Waals surface area contributed by atoms with Crippen LogP contribution in [0.15, 0.2) is 48.0 Å². The van der Waals surface area contributed by atoms with Crippen molar-refractivity contribution >= 4 is 34.7 Å². The van der Waals surface area contributed by atoms with Gasteiger partial charge in [0.2, 0.25) is 5.95 Å². The quantitative estimate of drug-likeness (QED) is 0.420. The highest BCUT2D eigenvalue weighted by Gasteiger charge is 2.46. The molecule has 1 fully saturated rings. The number of H-pyrrole nitrogens is 1. The van der Waals surface area contributed by atoms with Crippen molar-refractivity contribution in [3.63, 3.8) is 0 Å². The Labute approximate surface area is 178 Å². The van der Waals surface area contributed by atoms with E-state index in [1.807, 2.05) is 12.1 Å². The number of pyridine rings is 1. The molecule has 1 saturated heterocycles. The molecule has 0 saturated carbocycles. The minimum Gasteiger partial charge on any atom is -0.363 e. The van der Waals surface area contributed by atoms with Gasteiger partial charge in [-0.05, 0) is 12.1 Å². The third kappa shape index (κ3) is 3.55. The number of nitriles is 1. The van der Waals surface area contributed by atoms with Gasteiger partial charge in [0.05, 0.1) is 41.2 Å². The van der Waals surface area contributed by atoms with Crippen LogP contribution in [0, 0.1) is 11.3 Å². The predicted molar refractivity (Wildman–Crippen MR) is 109 cm³/mol. The number of nitrogens with zero attached hydrogens (tertiary/aromatic N) is 8. The van der Waals surface area contributed by atoms with Gasteiger partial charge in [0.25, 0.3) is 5.76 Å². The van der Waals surface area contributed by atoms with Crippen LogP contribution in [0.4, 0.5) is 26.1 Å². The van der Waals surface area contributed by atoms with E-state index in [1.54, 1.807) is 34.0 Å². The van der Waals surface area contributed by atoms with Gasteiger partial charge in [-0.15, -0.1) is 5.10 Å². The number of halogens is 2. The summed E-state index contributed by atoms with van der Waals surface area (Å²) in [6, 6.07) is 6.01. The van der Waals surface area contributed by atoms with E-state index in [0.717, 1.165) is 11.4 Å². The minimum absolute atomic E-state index is 0.215. The van der Waals surface area contributed by atoms with Crippen molar-refractivity contribution in [3.05, 3.63) is 43.1 Å². The summed E-state index contributed by atoms with van der Waals surface area (Å²) in [6.45, 7) is 0.996. The summed E-state index contributed by atoms with van der Waals surface area (Å²) < 4.78 is 28.6. The minimum atomic E-state index is -2.52. The lowest BCUT2D eigenvalue weighted by Gasteiger charge is -2.50. The maximum atomic E-state index is 12.7. The second-order valence-electron chi connectivity index (χ2n) is 7.12. The summed E-state index contributed by atoms with van der Waals surface area (Å²) >= 11 is 0.443. The van der Waals surface area contributed by atoms with E-state index < -0.39 is 11.3 Å². The summed E-state index contributed by atoms with van der Waals surface area (Å²) in [5.41, 5.74) is 1.68. The highest BCUT2D eigenvalue weighted by atomic mass is 32.2. The van der Waals surface area contributed by atoms with Gasteiger partial charge in [0.1, 0.15) is 5.54 Å². The maximum absolute atomic E-state index is 12.7. The molecule has 0 spiro atoms. The molecular formula is C18H16F2N10S. The molecular weight excluding hydrogens is 426 g/mol. The Morgan fingerprint density at radius 2 is 2.23 bits per heavy atom. The SMILES string of the molecule is N#CCC1(n2cc(SC(F)F)cn2)CN(c2cccn3nc(Nc4cn[nH]c4)nc23)C1. The largest absolute Gasteiger partial charge is 0.363 e. The zero-order chi connectivity index (χ0) is 21.4. The second kappa shape index (κ2) is 7.55. The van der Waals surface area contributed by atoms with Gasteiger partial charge in [0.15, 0.2) is 5.65 Å². The van der Waals surface area contributed by atoms with E-state index in [0.29, 0.717) is 41.3 Å². The van der Waals surface area contributed by atoms with Gasteiger partial charge >= 0.3 is 0 Å². The van der Waals surface area contributed by atoms with Crippen LogP contribution in [0.25, 0.3) is 5.65 Å². The Morgan fingerprint density at radius 1 is 1.35 bits per heavy atom. The van der Waals surface area contributed by atoms with Crippen molar-refractivity contribution in [2.45, 2.75) is 22.6 Å². The number of aromatic amines is 1. The molecule has 5 rings (SSSR count). The lowest BCUT2D eigenvalue weighted by molar-refractivity contribution is 0.198. The van der Waals surface area contributed by atoms with Crippen LogP contribution in [-0.4, -0.2) is 53.4 Å². The van der Waals surface area contributed by atoms with Crippen molar-refractivity contribution < 1.29 is 8.78 Å². The molecule has 0 atom stereocenters. The highest BCUT2D eigenvalue weighted by molar-refractivity contribution is 7.99. The fourth-order valence-corrected chi connectivity index (χ4v) is 4.16. The Balaban J connectivity index is 1.39. The number of anilines is 3. The molecule has 5 heterocycles. The molecule has 158 valence electrons. The third-order valence-corrected chi connectivity index (χ3v) is 5.75. The first-order valence-corrected chi connectivity index (χ1v) is 10.2. The fraction of sp³-hybridized carbons (Fsp3) is 0.278. The van der Waals surface area contributed by atoms with Gasteiger partial charge in [-0.2, -0.15) is 29.2 Å². The number of thioether (sulfide) groups is 1. The van der Waals surface area contributed by atoms with E-state index in [4.69, 9.17) is 0 Å². The van der Waals surface area contributed by atoms with E-state index >= 15 is 0 Å². The van der Waals surface area contributed by atoms with Crippen LogP contribution in [-0.2, 0) is 5.54 Å². The first-order valence-electron chi connectivity index (χ1n) is 9.29. The van der Waals surface area contributed by atoms with Gasteiger partial charge in [-0.1, -0.05) is 11.8 Å². The van der Waals surface area contributed by atoms with Crippen LogP contribution in [0.2, 0.25) is 0 Å². The molecule has 4 aromatic heterocycles. The predicted octanol–water partition coefficient (Wildman–Crippen LogP) is 2.84. The zero-order valence-electron chi connectivity index (χ0n) is 16.0. The van der Waals surface area contributed by atoms with Gasteiger partial charge in [-0.25, -0.2) is 4.52 Å². The van der Waals surface area contributed by atoms with Crippen molar-refractivity contribution in [1.29, 1.82) is 5.26 Å². The number of fused-ring (bicyclic) bond motifs is 1. The second-order valence-corrected chi connectivity index (χ2v) is 8.19. The van der Waals surface area contributed by atoms with Crippen molar-refractivity contribution in [3.8, 4) is 6.07 Å². The summed E-state index contributed by atoms with van der Waals surface area (Å²) in [7, 11) is 0. The number of alkyl halides is 2. The van der Waals surface area contributed by atoms with E-state index in [9.17, 15) is 14.0 Å². The number of hydrogen-bond acceptors (Lipinski definition) is 8. The summed E-state index contributed by atoms with van der Waals surface area (Å²) in [5.74, 6) is -2.09. The molecule has 0 amide bonds. The third-order valence-electron chi connectivity index (χ3n) is 5.09. The molecule has 0 aromatic carbocycles. The molecule has 13 heteroatoms. The highest BCUT2D eigenvalue weighted by Crippen LogP contribution is 2.38. The Hall–Kier alpha value is -3.66. The molecule has 0 bridgehead atoms. The average Bonchev–Trinajstić information content (AvgIpc) is 3.45. The number of nitrogens with one attached hydrogen (secondary N) is 2. The van der Waals surface area contributed by atoms with Gasteiger partial charge in [0, 0.05) is 31.7 Å². The molecule has 0 unspecified atom stereocenters. The molecule has 10 nitrogen and oxygen atoms in total. The molecule has 4 aromatic rings. The van der Waals surface area contributed by atoms with Crippen LogP contribution in [0.1, 0.15) is 6.42 Å². The standard InChI is InChI=1S/C18H16F2N10S/c19-16(20)31-13-8-24-30(9-13)18(3-4-21)10-28(11-18)14-2-1-5-29-15(14)26-17(27-29)25-12-6-22-23-7-12/h1-2,5-9,16H,3,10-11H2,(H,22,23)(H,25,27). The summed E-state index contributed by atoms with van der Waals surface area (Å²) in [5, 5.41) is 27.7. The lowest BCUT2D eigenvalue weighted by atomic mass is 9.86. The van der Waals surface area contributed by atoms with Crippen LogP contribution < -0.4 is 10.2 Å². The summed E-state index contributed by atoms with van der Waals surface area (Å²) in [4.78, 5) is 7.03. The van der Waals surface area contributed by atoms with Crippen LogP contribution in [0.3, 0.4) is 0 Å². The van der Waals surface area contributed by atoms with Gasteiger partial charge < -0.3 is 10.2 Å². The molecule has 0 radical (unpaired) electrons. The van der Waals surface area contributed by atoms with E-state index in [-0.39, 0.29) is 6.42 Å². The summed E-state index contributed by atoms with van der Waals surface area (Å²) in [6.07, 6.45) is 8.33. The number of rotatable bonds is 7. The van der Waals surface area contributed by atoms with Crippen molar-refractivity contribution in [2.24, 2.45) is 0 Å². The average molecular weight is 442 g/mol. The van der Waals surface area contributed by atoms with Crippen LogP contribution >= 0.6 is 11.8 Å². The number of hydrogen-bond donors (Lipinski definition) is 2. The molecule has 1 aliphatic rings. The number of aromatic nitrogens is 7. The molecule has 31 heavy (non-hydrogen) atoms. The maximum Gasteiger partial charge on any atom is 0.289 e. The molecule has 2 N–H and O–H groups in total. The van der Waals surface area contributed by atoms with Gasteiger partial charge in [-0.3, -0.25) is 9.78 Å². The van der Waals surface area contributed by atoms with E-state index in [1.165, 1.54) is 6.20 Å². The molecule has 1 aliphatic heterocycles. The Kier molecular flexibility index (Phi) is 4.70. The topological polar surface area (TPSA) is 116 Å². The van der Waals surface area contributed by atoms with Crippen molar-refractivity contribution in [1.82, 2.24) is 34.6 Å². The Bertz CT molecular complexity index is 1240. The molecule has 0 aliphatic carbocycles. The van der Waals surface area contributed by atoms with Crippen molar-refractivity contribution in [2.75, 3.05) is 23.3 Å². The first-order chi connectivity index (χ1) is 15.1. The monoisotopic (exact) mass is 442 g/mol. The lowest BCUT2D eigenvalue weighted by Crippen LogP contribution is -2.63. The first kappa shape index (κ1) is 19.3. The van der Waals surface area contributed by atoms with E-state index in [2.05, 4.69) is 41.7 Å².